The van der Waals surface area contributed by atoms with Crippen LogP contribution in [-0.4, -0.2) is 11.6 Å². The molecule has 2 bridgehead atoms. The van der Waals surface area contributed by atoms with Crippen LogP contribution in [-0.2, 0) is 9.59 Å². The van der Waals surface area contributed by atoms with Crippen molar-refractivity contribution in [2.24, 2.45) is 11.3 Å². The van der Waals surface area contributed by atoms with Gasteiger partial charge in [0.2, 0.25) is 0 Å². The van der Waals surface area contributed by atoms with Crippen molar-refractivity contribution in [2.75, 3.05) is 0 Å². The van der Waals surface area contributed by atoms with Gasteiger partial charge in [0.15, 0.2) is 0 Å². The van der Waals surface area contributed by atoms with Crippen LogP contribution in [0.5, 0.6) is 0 Å². The Morgan fingerprint density at radius 1 is 0.895 bits per heavy atom. The first kappa shape index (κ1) is 14.7. The number of hydrogen-bond acceptors (Lipinski definition) is 2. The summed E-state index contributed by atoms with van der Waals surface area (Å²) in [4.78, 5) is 24.6. The van der Waals surface area contributed by atoms with Crippen LogP contribution in [0.1, 0.15) is 84.0 Å². The molecule has 0 heterocycles. The van der Waals surface area contributed by atoms with E-state index in [0.29, 0.717) is 24.4 Å². The van der Waals surface area contributed by atoms with E-state index in [1.807, 2.05) is 6.92 Å². The van der Waals surface area contributed by atoms with E-state index in [4.69, 9.17) is 0 Å². The van der Waals surface area contributed by atoms with Gasteiger partial charge in [0.25, 0.3) is 0 Å². The van der Waals surface area contributed by atoms with Crippen LogP contribution in [0.25, 0.3) is 0 Å². The first-order chi connectivity index (χ1) is 9.12. The Kier molecular flexibility index (Phi) is 5.18. The van der Waals surface area contributed by atoms with Gasteiger partial charge in [-0.2, -0.15) is 0 Å². The lowest BCUT2D eigenvalue weighted by molar-refractivity contribution is -0.143. The third kappa shape index (κ3) is 3.90. The fourth-order valence-electron chi connectivity index (χ4n) is 3.87. The van der Waals surface area contributed by atoms with E-state index in [1.54, 1.807) is 0 Å². The van der Waals surface area contributed by atoms with Crippen LogP contribution in [0.3, 0.4) is 0 Å². The van der Waals surface area contributed by atoms with Crippen molar-refractivity contribution in [3.05, 3.63) is 0 Å². The Morgan fingerprint density at radius 2 is 1.47 bits per heavy atom. The summed E-state index contributed by atoms with van der Waals surface area (Å²) in [5, 5.41) is 0. The molecule has 2 aliphatic carbocycles. The molecule has 0 amide bonds. The lowest BCUT2D eigenvalue weighted by Gasteiger charge is -2.36. The molecule has 0 N–H and O–H groups in total. The fraction of sp³-hybridized carbons (Fsp3) is 0.882. The van der Waals surface area contributed by atoms with E-state index in [2.05, 4.69) is 0 Å². The second kappa shape index (κ2) is 6.67. The molecule has 2 aliphatic rings. The van der Waals surface area contributed by atoms with Crippen LogP contribution in [0.15, 0.2) is 0 Å². The minimum Gasteiger partial charge on any atom is -0.300 e. The summed E-state index contributed by atoms with van der Waals surface area (Å²) in [5.41, 5.74) is -0.339. The third-order valence-electron chi connectivity index (χ3n) is 5.06. The van der Waals surface area contributed by atoms with Gasteiger partial charge in [-0.3, -0.25) is 9.59 Å². The van der Waals surface area contributed by atoms with Crippen LogP contribution in [0, 0.1) is 11.3 Å². The molecule has 0 aromatic carbocycles. The van der Waals surface area contributed by atoms with Crippen molar-refractivity contribution in [3.8, 4) is 0 Å². The second-order valence-electron chi connectivity index (χ2n) is 6.91. The zero-order chi connectivity index (χ0) is 13.7. The molecule has 2 saturated carbocycles. The van der Waals surface area contributed by atoms with Gasteiger partial charge in [-0.1, -0.05) is 58.3 Å². The van der Waals surface area contributed by atoms with Gasteiger partial charge in [-0.15, -0.1) is 0 Å². The summed E-state index contributed by atoms with van der Waals surface area (Å²) in [7, 11) is 0. The molecule has 0 aromatic heterocycles. The number of carbonyl (C=O) groups is 2. The summed E-state index contributed by atoms with van der Waals surface area (Å²) >= 11 is 0. The number of ketones is 2. The number of fused-ring (bicyclic) bond motifs is 2. The number of Topliss-reactive ketones (excluding diaryl/α,β-unsaturated/α-hetero) is 2. The molecular weight excluding hydrogens is 236 g/mol. The highest BCUT2D eigenvalue weighted by Gasteiger charge is 2.43. The predicted molar refractivity (Wildman–Crippen MR) is 77.0 cm³/mol. The van der Waals surface area contributed by atoms with Gasteiger partial charge in [-0.05, 0) is 12.8 Å². The maximum atomic E-state index is 12.6. The van der Waals surface area contributed by atoms with Gasteiger partial charge >= 0.3 is 0 Å². The summed E-state index contributed by atoms with van der Waals surface area (Å²) in [6.45, 7) is 2.04. The van der Waals surface area contributed by atoms with Crippen molar-refractivity contribution in [1.29, 1.82) is 0 Å². The summed E-state index contributed by atoms with van der Waals surface area (Å²) in [6.07, 6.45) is 12.9. The molecule has 0 aromatic rings. The van der Waals surface area contributed by atoms with Crippen molar-refractivity contribution in [3.63, 3.8) is 0 Å². The normalized spacial score (nSPS) is 35.1. The molecule has 0 radical (unpaired) electrons. The van der Waals surface area contributed by atoms with Gasteiger partial charge in [0.05, 0.1) is 0 Å². The average molecular weight is 264 g/mol. The van der Waals surface area contributed by atoms with E-state index in [1.165, 1.54) is 38.5 Å². The number of rotatable bonds is 0. The molecule has 2 fully saturated rings. The molecule has 19 heavy (non-hydrogen) atoms. The lowest BCUT2D eigenvalue weighted by Crippen LogP contribution is -2.41. The Labute approximate surface area is 117 Å². The molecule has 0 unspecified atom stereocenters. The van der Waals surface area contributed by atoms with Crippen LogP contribution in [0.4, 0.5) is 0 Å². The first-order valence-corrected chi connectivity index (χ1v) is 8.18. The van der Waals surface area contributed by atoms with Crippen molar-refractivity contribution >= 4 is 11.6 Å². The van der Waals surface area contributed by atoms with E-state index >= 15 is 0 Å². The molecule has 0 aliphatic heterocycles. The van der Waals surface area contributed by atoms with Crippen LogP contribution >= 0.6 is 0 Å². The molecule has 108 valence electrons. The SMILES string of the molecule is C[C@@]12CCCCCCCCCC[C@H](CC(=O)C1)C2=O. The Balaban J connectivity index is 2.06. The lowest BCUT2D eigenvalue weighted by atomic mass is 9.66. The summed E-state index contributed by atoms with van der Waals surface area (Å²) in [5.74, 6) is 0.750. The molecule has 2 atom stereocenters. The highest BCUT2D eigenvalue weighted by molar-refractivity contribution is 5.98. The highest BCUT2D eigenvalue weighted by atomic mass is 16.1. The Morgan fingerprint density at radius 3 is 2.16 bits per heavy atom. The summed E-state index contributed by atoms with van der Waals surface area (Å²) < 4.78 is 0. The second-order valence-corrected chi connectivity index (χ2v) is 6.91. The molecule has 2 heteroatoms. The van der Waals surface area contributed by atoms with Gasteiger partial charge in [-0.25, -0.2) is 0 Å². The van der Waals surface area contributed by atoms with Gasteiger partial charge in [0, 0.05) is 24.2 Å². The zero-order valence-electron chi connectivity index (χ0n) is 12.4. The Bertz CT molecular complexity index is 334. The smallest absolute Gasteiger partial charge is 0.142 e. The van der Waals surface area contributed by atoms with Crippen LogP contribution in [0.2, 0.25) is 0 Å². The molecule has 2 rings (SSSR count). The third-order valence-corrected chi connectivity index (χ3v) is 5.06. The van der Waals surface area contributed by atoms with E-state index in [0.717, 1.165) is 25.7 Å². The minimum atomic E-state index is -0.339. The summed E-state index contributed by atoms with van der Waals surface area (Å²) in [6, 6.07) is 0. The van der Waals surface area contributed by atoms with E-state index < -0.39 is 0 Å². The average Bonchev–Trinajstić information content (AvgIpc) is 2.37. The maximum absolute atomic E-state index is 12.6. The highest BCUT2D eigenvalue weighted by Crippen LogP contribution is 2.40. The monoisotopic (exact) mass is 264 g/mol. The maximum Gasteiger partial charge on any atom is 0.142 e. The molecule has 0 saturated heterocycles. The van der Waals surface area contributed by atoms with Crippen molar-refractivity contribution < 1.29 is 9.59 Å². The van der Waals surface area contributed by atoms with Gasteiger partial charge in [0.1, 0.15) is 11.6 Å². The predicted octanol–water partition coefficient (Wildman–Crippen LogP) is 4.46. The topological polar surface area (TPSA) is 34.1 Å². The minimum absolute atomic E-state index is 0.0343. The molecular formula is C17H28O2. The Hall–Kier alpha value is -0.660. The van der Waals surface area contributed by atoms with Crippen molar-refractivity contribution in [2.45, 2.75) is 84.0 Å². The number of carbonyl (C=O) groups excluding carboxylic acids is 2. The quantitative estimate of drug-likeness (QED) is 0.647. The van der Waals surface area contributed by atoms with Crippen molar-refractivity contribution in [1.82, 2.24) is 0 Å². The fourth-order valence-corrected chi connectivity index (χ4v) is 3.87. The van der Waals surface area contributed by atoms with E-state index in [9.17, 15) is 9.59 Å². The standard InChI is InChI=1S/C17H28O2/c1-17-11-9-7-5-3-2-4-6-8-10-14(16(17)19)12-15(18)13-17/h14H,2-13H2,1H3/t14-,17-/m1/s1. The largest absolute Gasteiger partial charge is 0.300 e. The molecule has 0 spiro atoms. The first-order valence-electron chi connectivity index (χ1n) is 8.18. The number of hydrogen-bond donors (Lipinski definition) is 0. The van der Waals surface area contributed by atoms with Crippen LogP contribution < -0.4 is 0 Å². The zero-order valence-corrected chi connectivity index (χ0v) is 12.4. The van der Waals surface area contributed by atoms with E-state index in [-0.39, 0.29) is 11.3 Å². The molecule has 2 nitrogen and oxygen atoms in total. The van der Waals surface area contributed by atoms with Gasteiger partial charge < -0.3 is 0 Å².